The molecule has 88 valence electrons. The molecule has 0 aromatic carbocycles. The summed E-state index contributed by atoms with van der Waals surface area (Å²) in [4.78, 5) is 11.0. The summed E-state index contributed by atoms with van der Waals surface area (Å²) in [6.45, 7) is 3.41. The van der Waals surface area contributed by atoms with Crippen LogP contribution < -0.4 is 0 Å². The minimum Gasteiger partial charge on any atom is -0.480 e. The van der Waals surface area contributed by atoms with Gasteiger partial charge in [-0.05, 0) is 13.8 Å². The first-order valence-electron chi connectivity index (χ1n) is 4.74. The molecule has 0 spiro atoms. The Kier molecular flexibility index (Phi) is 3.69. The number of sulfonamides is 1. The van der Waals surface area contributed by atoms with Crippen molar-refractivity contribution in [2.24, 2.45) is 0 Å². The van der Waals surface area contributed by atoms with E-state index in [1.165, 1.54) is 6.92 Å². The molecule has 1 fully saturated rings. The van der Waals surface area contributed by atoms with E-state index >= 15 is 0 Å². The maximum atomic E-state index is 11.6. The van der Waals surface area contributed by atoms with Gasteiger partial charge in [0.25, 0.3) is 0 Å². The summed E-state index contributed by atoms with van der Waals surface area (Å²) >= 11 is 0. The van der Waals surface area contributed by atoms with Crippen LogP contribution in [0.5, 0.6) is 0 Å². The first-order valence-corrected chi connectivity index (χ1v) is 6.35. The van der Waals surface area contributed by atoms with Crippen LogP contribution in [0.2, 0.25) is 0 Å². The number of nitrogens with zero attached hydrogens (tertiary/aromatic N) is 1. The van der Waals surface area contributed by atoms with E-state index in [1.54, 1.807) is 6.92 Å². The van der Waals surface area contributed by atoms with Crippen LogP contribution in [0.4, 0.5) is 0 Å². The normalized spacial score (nSPS) is 28.9. The van der Waals surface area contributed by atoms with E-state index in [9.17, 15) is 13.2 Å². The zero-order valence-corrected chi connectivity index (χ0v) is 9.53. The van der Waals surface area contributed by atoms with Gasteiger partial charge in [-0.25, -0.2) is 8.42 Å². The van der Waals surface area contributed by atoms with Crippen LogP contribution in [-0.4, -0.2) is 54.8 Å². The molecule has 0 amide bonds. The minimum absolute atomic E-state index is 0.0938. The fourth-order valence-electron chi connectivity index (χ4n) is 1.59. The molecule has 0 aromatic heterocycles. The van der Waals surface area contributed by atoms with E-state index in [1.807, 2.05) is 0 Å². The molecular formula is C8H15NO5S. The molecule has 0 saturated carbocycles. The molecular weight excluding hydrogens is 222 g/mol. The Hall–Kier alpha value is -0.660. The van der Waals surface area contributed by atoms with Crippen molar-refractivity contribution in [1.29, 1.82) is 0 Å². The monoisotopic (exact) mass is 237 g/mol. The summed E-state index contributed by atoms with van der Waals surface area (Å²) in [6, 6.07) is -1.11. The summed E-state index contributed by atoms with van der Waals surface area (Å²) in [7, 11) is -3.48. The van der Waals surface area contributed by atoms with Crippen molar-refractivity contribution in [2.45, 2.75) is 26.0 Å². The van der Waals surface area contributed by atoms with Gasteiger partial charge < -0.3 is 9.84 Å². The third-order valence-electron chi connectivity index (χ3n) is 2.42. The van der Waals surface area contributed by atoms with E-state index in [2.05, 4.69) is 0 Å². The Morgan fingerprint density at radius 3 is 2.67 bits per heavy atom. The van der Waals surface area contributed by atoms with E-state index in [0.29, 0.717) is 0 Å². The SMILES string of the molecule is CCS(=O)(=O)N1CCOC(C)C1C(=O)O. The molecule has 2 unspecified atom stereocenters. The van der Waals surface area contributed by atoms with Gasteiger partial charge in [0.05, 0.1) is 18.5 Å². The molecule has 0 aromatic rings. The van der Waals surface area contributed by atoms with Crippen molar-refractivity contribution in [3.05, 3.63) is 0 Å². The van der Waals surface area contributed by atoms with Crippen LogP contribution >= 0.6 is 0 Å². The van der Waals surface area contributed by atoms with Gasteiger partial charge in [0.2, 0.25) is 10.0 Å². The van der Waals surface area contributed by atoms with Crippen molar-refractivity contribution >= 4 is 16.0 Å². The fraction of sp³-hybridized carbons (Fsp3) is 0.875. The number of aliphatic carboxylic acids is 1. The molecule has 2 atom stereocenters. The average molecular weight is 237 g/mol. The Labute approximate surface area is 88.9 Å². The number of carboxylic acids is 1. The zero-order chi connectivity index (χ0) is 11.6. The molecule has 1 aliphatic heterocycles. The van der Waals surface area contributed by atoms with Crippen molar-refractivity contribution < 1.29 is 23.1 Å². The summed E-state index contributed by atoms with van der Waals surface area (Å²) in [5, 5.41) is 8.95. The molecule has 0 radical (unpaired) electrons. The lowest BCUT2D eigenvalue weighted by Crippen LogP contribution is -2.56. The quantitative estimate of drug-likeness (QED) is 0.716. The molecule has 6 nitrogen and oxygen atoms in total. The van der Waals surface area contributed by atoms with Gasteiger partial charge in [-0.1, -0.05) is 0 Å². The number of hydrogen-bond donors (Lipinski definition) is 1. The number of morpholine rings is 1. The minimum atomic E-state index is -3.48. The van der Waals surface area contributed by atoms with Crippen LogP contribution in [0.1, 0.15) is 13.8 Å². The van der Waals surface area contributed by atoms with Gasteiger partial charge in [0.1, 0.15) is 6.04 Å². The maximum Gasteiger partial charge on any atom is 0.324 e. The van der Waals surface area contributed by atoms with Crippen molar-refractivity contribution in [3.63, 3.8) is 0 Å². The molecule has 1 aliphatic rings. The molecule has 1 saturated heterocycles. The highest BCUT2D eigenvalue weighted by molar-refractivity contribution is 7.89. The molecule has 0 bridgehead atoms. The number of carbonyl (C=O) groups is 1. The highest BCUT2D eigenvalue weighted by atomic mass is 32.2. The van der Waals surface area contributed by atoms with E-state index in [4.69, 9.17) is 9.84 Å². The standard InChI is InChI=1S/C8H15NO5S/c1-3-15(12,13)9-4-5-14-6(2)7(9)8(10)11/h6-7H,3-5H2,1-2H3,(H,10,11). The van der Waals surface area contributed by atoms with Crippen molar-refractivity contribution in [2.75, 3.05) is 18.9 Å². The topological polar surface area (TPSA) is 83.9 Å². The summed E-state index contributed by atoms with van der Waals surface area (Å²) in [6.07, 6.45) is -0.613. The number of rotatable bonds is 3. The highest BCUT2D eigenvalue weighted by Gasteiger charge is 2.40. The highest BCUT2D eigenvalue weighted by Crippen LogP contribution is 2.18. The van der Waals surface area contributed by atoms with Crippen LogP contribution in [-0.2, 0) is 19.6 Å². The lowest BCUT2D eigenvalue weighted by Gasteiger charge is -2.35. The van der Waals surface area contributed by atoms with E-state index in [0.717, 1.165) is 4.31 Å². The number of ether oxygens (including phenoxy) is 1. The third-order valence-corrected chi connectivity index (χ3v) is 4.28. The lowest BCUT2D eigenvalue weighted by atomic mass is 10.1. The number of hydrogen-bond acceptors (Lipinski definition) is 4. The Bertz CT molecular complexity index is 339. The van der Waals surface area contributed by atoms with Gasteiger partial charge in [-0.2, -0.15) is 4.31 Å². The first-order chi connectivity index (χ1) is 6.90. The van der Waals surface area contributed by atoms with Crippen LogP contribution in [0.3, 0.4) is 0 Å². The zero-order valence-electron chi connectivity index (χ0n) is 8.71. The average Bonchev–Trinajstić information content (AvgIpc) is 2.16. The van der Waals surface area contributed by atoms with Crippen LogP contribution in [0.15, 0.2) is 0 Å². The Balaban J connectivity index is 2.99. The van der Waals surface area contributed by atoms with Crippen LogP contribution in [0.25, 0.3) is 0 Å². The summed E-state index contributed by atoms with van der Waals surface area (Å²) in [5.41, 5.74) is 0. The lowest BCUT2D eigenvalue weighted by molar-refractivity contribution is -0.150. The molecule has 1 N–H and O–H groups in total. The summed E-state index contributed by atoms with van der Waals surface area (Å²) < 4.78 is 29.4. The van der Waals surface area contributed by atoms with Gasteiger partial charge in [0.15, 0.2) is 0 Å². The summed E-state index contributed by atoms with van der Waals surface area (Å²) in [5.74, 6) is -1.26. The number of carboxylic acid groups (broad SMARTS) is 1. The van der Waals surface area contributed by atoms with Gasteiger partial charge in [-0.3, -0.25) is 4.79 Å². The largest absolute Gasteiger partial charge is 0.480 e. The predicted molar refractivity (Wildman–Crippen MR) is 53.0 cm³/mol. The molecule has 15 heavy (non-hydrogen) atoms. The van der Waals surface area contributed by atoms with Crippen molar-refractivity contribution in [1.82, 2.24) is 4.31 Å². The van der Waals surface area contributed by atoms with Gasteiger partial charge in [-0.15, -0.1) is 0 Å². The first kappa shape index (κ1) is 12.4. The second-order valence-electron chi connectivity index (χ2n) is 3.37. The maximum absolute atomic E-state index is 11.6. The molecule has 7 heteroatoms. The second-order valence-corrected chi connectivity index (χ2v) is 5.58. The molecule has 1 heterocycles. The van der Waals surface area contributed by atoms with Crippen molar-refractivity contribution in [3.8, 4) is 0 Å². The third kappa shape index (κ3) is 2.47. The molecule has 1 rings (SSSR count). The smallest absolute Gasteiger partial charge is 0.324 e. The molecule has 0 aliphatic carbocycles. The fourth-order valence-corrected chi connectivity index (χ4v) is 2.89. The van der Waals surface area contributed by atoms with E-state index in [-0.39, 0.29) is 18.9 Å². The Morgan fingerprint density at radius 2 is 2.20 bits per heavy atom. The van der Waals surface area contributed by atoms with Gasteiger partial charge in [0, 0.05) is 6.54 Å². The van der Waals surface area contributed by atoms with Gasteiger partial charge >= 0.3 is 5.97 Å². The Morgan fingerprint density at radius 1 is 1.60 bits per heavy atom. The second kappa shape index (κ2) is 4.46. The predicted octanol–water partition coefficient (Wildman–Crippen LogP) is -0.490. The van der Waals surface area contributed by atoms with Crippen LogP contribution in [0, 0.1) is 0 Å². The van der Waals surface area contributed by atoms with E-state index < -0.39 is 28.1 Å².